The summed E-state index contributed by atoms with van der Waals surface area (Å²) in [4.78, 5) is 27.7. The Kier molecular flexibility index (Phi) is 5.11. The molecule has 0 radical (unpaired) electrons. The summed E-state index contributed by atoms with van der Waals surface area (Å²) in [6.45, 7) is 2.92. The first kappa shape index (κ1) is 18.0. The average molecular weight is 400 g/mol. The van der Waals surface area contributed by atoms with Crippen molar-refractivity contribution in [1.29, 1.82) is 0 Å². The third-order valence-electron chi connectivity index (χ3n) is 4.52. The minimum Gasteiger partial charge on any atom is -0.336 e. The highest BCUT2D eigenvalue weighted by atomic mass is 35.5. The Labute approximate surface area is 165 Å². The van der Waals surface area contributed by atoms with Crippen LogP contribution in [0.4, 0.5) is 5.69 Å². The lowest BCUT2D eigenvalue weighted by molar-refractivity contribution is 0.0735. The predicted molar refractivity (Wildman–Crippen MR) is 110 cm³/mol. The summed E-state index contributed by atoms with van der Waals surface area (Å²) in [5.41, 5.74) is 0.966. The quantitative estimate of drug-likeness (QED) is 0.703. The molecule has 2 amide bonds. The molecule has 7 heteroatoms. The van der Waals surface area contributed by atoms with E-state index in [4.69, 9.17) is 11.6 Å². The van der Waals surface area contributed by atoms with Crippen molar-refractivity contribution in [2.75, 3.05) is 31.5 Å². The van der Waals surface area contributed by atoms with E-state index in [1.54, 1.807) is 23.1 Å². The highest BCUT2D eigenvalue weighted by molar-refractivity contribution is 7.20. The number of nitrogens with zero attached hydrogens (tertiary/aromatic N) is 1. The molecule has 0 saturated carbocycles. The molecule has 2 aromatic carbocycles. The fourth-order valence-electron chi connectivity index (χ4n) is 3.08. The van der Waals surface area contributed by atoms with Gasteiger partial charge in [0.05, 0.1) is 15.6 Å². The normalized spacial score (nSPS) is 14.3. The zero-order valence-electron chi connectivity index (χ0n) is 14.5. The second kappa shape index (κ2) is 7.68. The Morgan fingerprint density at radius 1 is 1.07 bits per heavy atom. The van der Waals surface area contributed by atoms with Gasteiger partial charge in [-0.1, -0.05) is 29.8 Å². The fraction of sp³-hybridized carbons (Fsp3) is 0.200. The van der Waals surface area contributed by atoms with Crippen LogP contribution < -0.4 is 10.6 Å². The summed E-state index contributed by atoms with van der Waals surface area (Å²) < 4.78 is 1.05. The number of amides is 2. The maximum Gasteiger partial charge on any atom is 0.265 e. The van der Waals surface area contributed by atoms with Crippen LogP contribution in [0.1, 0.15) is 20.0 Å². The van der Waals surface area contributed by atoms with E-state index in [1.165, 1.54) is 11.3 Å². The number of carbonyl (C=O) groups is 2. The Balaban J connectivity index is 1.55. The van der Waals surface area contributed by atoms with Crippen LogP contribution in [0, 0.1) is 0 Å². The number of hydrogen-bond acceptors (Lipinski definition) is 4. The first-order chi connectivity index (χ1) is 13.1. The SMILES string of the molecule is O=C(Nc1cc(C(=O)N2CCNCC2)ccc1Cl)c1cc2ccccc2s1. The lowest BCUT2D eigenvalue weighted by Crippen LogP contribution is -2.46. The van der Waals surface area contributed by atoms with Gasteiger partial charge in [0.2, 0.25) is 0 Å². The van der Waals surface area contributed by atoms with Gasteiger partial charge in [0.25, 0.3) is 11.8 Å². The summed E-state index contributed by atoms with van der Waals surface area (Å²) in [5.74, 6) is -0.282. The van der Waals surface area contributed by atoms with E-state index in [9.17, 15) is 9.59 Å². The van der Waals surface area contributed by atoms with Gasteiger partial charge in [-0.3, -0.25) is 9.59 Å². The zero-order valence-corrected chi connectivity index (χ0v) is 16.1. The molecule has 1 saturated heterocycles. The van der Waals surface area contributed by atoms with Crippen LogP contribution in [0.3, 0.4) is 0 Å². The standard InChI is InChI=1S/C20H18ClN3O2S/c21-15-6-5-14(20(26)24-9-7-22-8-10-24)11-16(15)23-19(25)18-12-13-3-1-2-4-17(13)27-18/h1-6,11-12,22H,7-10H2,(H,23,25). The molecule has 3 aromatic rings. The molecule has 2 heterocycles. The topological polar surface area (TPSA) is 61.4 Å². The van der Waals surface area contributed by atoms with Gasteiger partial charge in [0.1, 0.15) is 0 Å². The van der Waals surface area contributed by atoms with Gasteiger partial charge in [-0.15, -0.1) is 11.3 Å². The van der Waals surface area contributed by atoms with Crippen LogP contribution in [0.5, 0.6) is 0 Å². The number of hydrogen-bond donors (Lipinski definition) is 2. The van der Waals surface area contributed by atoms with E-state index < -0.39 is 0 Å². The van der Waals surface area contributed by atoms with Gasteiger partial charge in [-0.2, -0.15) is 0 Å². The molecule has 138 valence electrons. The number of piperazine rings is 1. The maximum atomic E-state index is 12.7. The second-order valence-electron chi connectivity index (χ2n) is 6.34. The van der Waals surface area contributed by atoms with E-state index in [0.717, 1.165) is 23.2 Å². The number of thiophene rings is 1. The van der Waals surface area contributed by atoms with Crippen molar-refractivity contribution < 1.29 is 9.59 Å². The number of carbonyl (C=O) groups excluding carboxylic acids is 2. The number of rotatable bonds is 3. The molecule has 1 fully saturated rings. The predicted octanol–water partition coefficient (Wildman–Crippen LogP) is 3.85. The van der Waals surface area contributed by atoms with Crippen LogP contribution in [0.2, 0.25) is 5.02 Å². The van der Waals surface area contributed by atoms with Crippen LogP contribution in [0.15, 0.2) is 48.5 Å². The number of halogens is 1. The molecule has 4 rings (SSSR count). The molecule has 0 aliphatic carbocycles. The minimum atomic E-state index is -0.232. The van der Waals surface area contributed by atoms with Gasteiger partial charge in [0, 0.05) is 36.4 Å². The Morgan fingerprint density at radius 2 is 1.85 bits per heavy atom. The number of benzene rings is 2. The van der Waals surface area contributed by atoms with Gasteiger partial charge in [-0.05, 0) is 35.7 Å². The Bertz CT molecular complexity index is 978. The Morgan fingerprint density at radius 3 is 2.63 bits per heavy atom. The summed E-state index contributed by atoms with van der Waals surface area (Å²) in [6, 6.07) is 14.7. The fourth-order valence-corrected chi connectivity index (χ4v) is 4.21. The highest BCUT2D eigenvalue weighted by Gasteiger charge is 2.19. The smallest absolute Gasteiger partial charge is 0.265 e. The van der Waals surface area contributed by atoms with Crippen molar-refractivity contribution in [3.05, 3.63) is 64.0 Å². The van der Waals surface area contributed by atoms with Crippen molar-refractivity contribution in [1.82, 2.24) is 10.2 Å². The van der Waals surface area contributed by atoms with E-state index in [1.807, 2.05) is 30.3 Å². The first-order valence-corrected chi connectivity index (χ1v) is 9.91. The molecule has 0 spiro atoms. The highest BCUT2D eigenvalue weighted by Crippen LogP contribution is 2.28. The molecule has 27 heavy (non-hydrogen) atoms. The number of fused-ring (bicyclic) bond motifs is 1. The van der Waals surface area contributed by atoms with Crippen molar-refractivity contribution >= 4 is 50.5 Å². The molecular weight excluding hydrogens is 382 g/mol. The van der Waals surface area contributed by atoms with Crippen molar-refractivity contribution in [2.24, 2.45) is 0 Å². The average Bonchev–Trinajstić information content (AvgIpc) is 3.14. The zero-order chi connectivity index (χ0) is 18.8. The summed E-state index contributed by atoms with van der Waals surface area (Å²) in [6.07, 6.45) is 0. The minimum absolute atomic E-state index is 0.0504. The van der Waals surface area contributed by atoms with Gasteiger partial charge < -0.3 is 15.5 Å². The van der Waals surface area contributed by atoms with Gasteiger partial charge >= 0.3 is 0 Å². The number of anilines is 1. The monoisotopic (exact) mass is 399 g/mol. The molecule has 5 nitrogen and oxygen atoms in total. The molecule has 1 aromatic heterocycles. The van der Waals surface area contributed by atoms with E-state index in [0.29, 0.717) is 34.2 Å². The van der Waals surface area contributed by atoms with Crippen molar-refractivity contribution in [3.63, 3.8) is 0 Å². The third-order valence-corrected chi connectivity index (χ3v) is 5.96. The maximum absolute atomic E-state index is 12.7. The van der Waals surface area contributed by atoms with E-state index in [2.05, 4.69) is 10.6 Å². The lowest BCUT2D eigenvalue weighted by Gasteiger charge is -2.27. The number of nitrogens with one attached hydrogen (secondary N) is 2. The second-order valence-corrected chi connectivity index (χ2v) is 7.83. The molecule has 1 aliphatic heterocycles. The van der Waals surface area contributed by atoms with Crippen LogP contribution >= 0.6 is 22.9 Å². The molecular formula is C20H18ClN3O2S. The lowest BCUT2D eigenvalue weighted by atomic mass is 10.1. The molecule has 0 unspecified atom stereocenters. The third kappa shape index (κ3) is 3.83. The summed E-state index contributed by atoms with van der Waals surface area (Å²) in [7, 11) is 0. The van der Waals surface area contributed by atoms with Crippen LogP contribution in [-0.2, 0) is 0 Å². The van der Waals surface area contributed by atoms with Crippen molar-refractivity contribution in [3.8, 4) is 0 Å². The summed E-state index contributed by atoms with van der Waals surface area (Å²) in [5, 5.41) is 7.50. The molecule has 0 bridgehead atoms. The molecule has 0 atom stereocenters. The van der Waals surface area contributed by atoms with E-state index >= 15 is 0 Å². The summed E-state index contributed by atoms with van der Waals surface area (Å²) >= 11 is 7.68. The van der Waals surface area contributed by atoms with E-state index in [-0.39, 0.29) is 11.8 Å². The van der Waals surface area contributed by atoms with Gasteiger partial charge in [-0.25, -0.2) is 0 Å². The van der Waals surface area contributed by atoms with Crippen LogP contribution in [-0.4, -0.2) is 42.9 Å². The van der Waals surface area contributed by atoms with Gasteiger partial charge in [0.15, 0.2) is 0 Å². The molecule has 1 aliphatic rings. The first-order valence-electron chi connectivity index (χ1n) is 8.71. The van der Waals surface area contributed by atoms with Crippen molar-refractivity contribution in [2.45, 2.75) is 0 Å². The largest absolute Gasteiger partial charge is 0.336 e. The van der Waals surface area contributed by atoms with Crippen LogP contribution in [0.25, 0.3) is 10.1 Å². The Hall–Kier alpha value is -2.41. The molecule has 2 N–H and O–H groups in total.